The molecule has 1 fully saturated rings. The van der Waals surface area contributed by atoms with Crippen molar-refractivity contribution >= 4 is 15.7 Å². The summed E-state index contributed by atoms with van der Waals surface area (Å²) in [7, 11) is -3.38. The number of benzene rings is 1. The molecule has 0 aromatic heterocycles. The van der Waals surface area contributed by atoms with E-state index in [0.717, 1.165) is 11.1 Å². The fraction of sp³-hybridized carbons (Fsp3) is 0.611. The van der Waals surface area contributed by atoms with Crippen LogP contribution in [0.5, 0.6) is 0 Å². The minimum atomic E-state index is -3.38. The van der Waals surface area contributed by atoms with E-state index in [0.29, 0.717) is 32.4 Å². The van der Waals surface area contributed by atoms with Crippen molar-refractivity contribution in [2.45, 2.75) is 50.9 Å². The van der Waals surface area contributed by atoms with E-state index in [9.17, 15) is 18.3 Å². The SMILES string of the molecule is Cc1cccc(CC2(O)CCN(C(=O)CS(=O)(=O)C(C)C)CC2)c1. The maximum absolute atomic E-state index is 12.2. The lowest BCUT2D eigenvalue weighted by Gasteiger charge is -2.38. The molecule has 2 rings (SSSR count). The first-order valence-corrected chi connectivity index (χ1v) is 10.1. The molecule has 0 aliphatic carbocycles. The predicted octanol–water partition coefficient (Wildman–Crippen LogP) is 1.71. The lowest BCUT2D eigenvalue weighted by Crippen LogP contribution is -2.49. The first kappa shape index (κ1) is 18.9. The fourth-order valence-electron chi connectivity index (χ4n) is 2.98. The van der Waals surface area contributed by atoms with Gasteiger partial charge in [-0.15, -0.1) is 0 Å². The first-order chi connectivity index (χ1) is 11.1. The summed E-state index contributed by atoms with van der Waals surface area (Å²) in [5.74, 6) is -0.803. The highest BCUT2D eigenvalue weighted by molar-refractivity contribution is 7.92. The second-order valence-electron chi connectivity index (χ2n) is 7.13. The summed E-state index contributed by atoms with van der Waals surface area (Å²) >= 11 is 0. The molecule has 6 heteroatoms. The third kappa shape index (κ3) is 4.80. The van der Waals surface area contributed by atoms with Gasteiger partial charge in [-0.3, -0.25) is 4.79 Å². The van der Waals surface area contributed by atoms with Gasteiger partial charge in [-0.1, -0.05) is 29.8 Å². The monoisotopic (exact) mass is 353 g/mol. The molecule has 24 heavy (non-hydrogen) atoms. The first-order valence-electron chi connectivity index (χ1n) is 8.39. The van der Waals surface area contributed by atoms with E-state index in [-0.39, 0.29) is 5.91 Å². The third-order valence-corrected chi connectivity index (χ3v) is 6.79. The van der Waals surface area contributed by atoms with Crippen LogP contribution in [0.25, 0.3) is 0 Å². The van der Waals surface area contributed by atoms with Gasteiger partial charge in [0.25, 0.3) is 0 Å². The van der Waals surface area contributed by atoms with E-state index in [1.165, 1.54) is 0 Å². The molecule has 0 spiro atoms. The Morgan fingerprint density at radius 2 is 1.92 bits per heavy atom. The summed E-state index contributed by atoms with van der Waals surface area (Å²) in [5.41, 5.74) is 1.41. The Morgan fingerprint density at radius 3 is 2.46 bits per heavy atom. The number of hydrogen-bond donors (Lipinski definition) is 1. The van der Waals surface area contributed by atoms with Crippen LogP contribution in [0.3, 0.4) is 0 Å². The molecular weight excluding hydrogens is 326 g/mol. The van der Waals surface area contributed by atoms with Crippen molar-refractivity contribution in [2.24, 2.45) is 0 Å². The van der Waals surface area contributed by atoms with Crippen molar-refractivity contribution in [3.8, 4) is 0 Å². The van der Waals surface area contributed by atoms with Crippen LogP contribution >= 0.6 is 0 Å². The molecule has 5 nitrogen and oxygen atoms in total. The van der Waals surface area contributed by atoms with Gasteiger partial charge >= 0.3 is 0 Å². The van der Waals surface area contributed by atoms with E-state index in [4.69, 9.17) is 0 Å². The Morgan fingerprint density at radius 1 is 1.29 bits per heavy atom. The van der Waals surface area contributed by atoms with Crippen molar-refractivity contribution in [1.82, 2.24) is 4.90 Å². The van der Waals surface area contributed by atoms with Crippen LogP contribution in [0.2, 0.25) is 0 Å². The quantitative estimate of drug-likeness (QED) is 0.874. The third-order valence-electron chi connectivity index (χ3n) is 4.71. The molecule has 1 aromatic carbocycles. The van der Waals surface area contributed by atoms with Gasteiger partial charge < -0.3 is 10.0 Å². The molecule has 1 heterocycles. The zero-order valence-electron chi connectivity index (χ0n) is 14.7. The molecule has 0 radical (unpaired) electrons. The topological polar surface area (TPSA) is 74.7 Å². The molecule has 0 saturated carbocycles. The van der Waals surface area contributed by atoms with Crippen molar-refractivity contribution in [3.63, 3.8) is 0 Å². The smallest absolute Gasteiger partial charge is 0.237 e. The summed E-state index contributed by atoms with van der Waals surface area (Å²) in [6.45, 7) is 5.98. The van der Waals surface area contributed by atoms with Crippen LogP contribution in [-0.4, -0.2) is 54.0 Å². The zero-order chi connectivity index (χ0) is 18.0. The Labute approximate surface area is 144 Å². The average Bonchev–Trinajstić information content (AvgIpc) is 2.46. The van der Waals surface area contributed by atoms with Crippen molar-refractivity contribution in [2.75, 3.05) is 18.8 Å². The molecule has 1 N–H and O–H groups in total. The van der Waals surface area contributed by atoms with E-state index in [1.54, 1.807) is 18.7 Å². The van der Waals surface area contributed by atoms with Crippen LogP contribution in [0.15, 0.2) is 24.3 Å². The van der Waals surface area contributed by atoms with Crippen LogP contribution in [0.1, 0.15) is 37.8 Å². The minimum Gasteiger partial charge on any atom is -0.389 e. The molecule has 1 aliphatic rings. The lowest BCUT2D eigenvalue weighted by molar-refractivity contribution is -0.132. The Balaban J connectivity index is 1.94. The number of likely N-dealkylation sites (tertiary alicyclic amines) is 1. The van der Waals surface area contributed by atoms with Gasteiger partial charge in [-0.25, -0.2) is 8.42 Å². The molecule has 1 aliphatic heterocycles. The number of rotatable bonds is 5. The second-order valence-corrected chi connectivity index (χ2v) is 9.68. The van der Waals surface area contributed by atoms with Crippen molar-refractivity contribution in [1.29, 1.82) is 0 Å². The highest BCUT2D eigenvalue weighted by Gasteiger charge is 2.35. The number of nitrogens with zero attached hydrogens (tertiary/aromatic N) is 1. The van der Waals surface area contributed by atoms with Crippen molar-refractivity contribution in [3.05, 3.63) is 35.4 Å². The lowest BCUT2D eigenvalue weighted by atomic mass is 9.85. The average molecular weight is 353 g/mol. The summed E-state index contributed by atoms with van der Waals surface area (Å²) in [4.78, 5) is 13.8. The Bertz CT molecular complexity index is 689. The number of aliphatic hydroxyl groups is 1. The normalized spacial score (nSPS) is 18.0. The van der Waals surface area contributed by atoms with E-state index in [2.05, 4.69) is 6.07 Å². The predicted molar refractivity (Wildman–Crippen MR) is 94.6 cm³/mol. The molecule has 0 unspecified atom stereocenters. The Hall–Kier alpha value is -1.40. The van der Waals surface area contributed by atoms with Gasteiger partial charge in [0.2, 0.25) is 5.91 Å². The van der Waals surface area contributed by atoms with Gasteiger partial charge in [0.15, 0.2) is 9.84 Å². The van der Waals surface area contributed by atoms with Crippen LogP contribution < -0.4 is 0 Å². The van der Waals surface area contributed by atoms with Gasteiger partial charge in [0, 0.05) is 19.5 Å². The molecule has 1 aromatic rings. The fourth-order valence-corrected chi connectivity index (χ4v) is 3.84. The van der Waals surface area contributed by atoms with Gasteiger partial charge in [0.05, 0.1) is 10.9 Å². The minimum absolute atomic E-state index is 0.360. The summed E-state index contributed by atoms with van der Waals surface area (Å²) in [6, 6.07) is 8.05. The number of carbonyl (C=O) groups is 1. The van der Waals surface area contributed by atoms with Gasteiger partial charge in [0.1, 0.15) is 5.75 Å². The number of carbonyl (C=O) groups excluding carboxylic acids is 1. The highest BCUT2D eigenvalue weighted by atomic mass is 32.2. The molecule has 1 amide bonds. The van der Waals surface area contributed by atoms with Crippen LogP contribution in [-0.2, 0) is 21.1 Å². The second kappa shape index (κ2) is 7.23. The summed E-state index contributed by atoms with van der Waals surface area (Å²) < 4.78 is 23.8. The van der Waals surface area contributed by atoms with Crippen LogP contribution in [0.4, 0.5) is 0 Å². The van der Waals surface area contributed by atoms with E-state index in [1.807, 2.05) is 25.1 Å². The zero-order valence-corrected chi connectivity index (χ0v) is 15.5. The number of amides is 1. The van der Waals surface area contributed by atoms with Gasteiger partial charge in [-0.2, -0.15) is 0 Å². The van der Waals surface area contributed by atoms with Gasteiger partial charge in [-0.05, 0) is 39.2 Å². The molecule has 0 bridgehead atoms. The maximum Gasteiger partial charge on any atom is 0.237 e. The number of piperidine rings is 1. The Kier molecular flexibility index (Phi) is 5.71. The highest BCUT2D eigenvalue weighted by Crippen LogP contribution is 2.27. The number of aryl methyl sites for hydroxylation is 1. The van der Waals surface area contributed by atoms with Crippen molar-refractivity contribution < 1.29 is 18.3 Å². The largest absolute Gasteiger partial charge is 0.389 e. The molecule has 0 atom stereocenters. The van der Waals surface area contributed by atoms with E-state index >= 15 is 0 Å². The number of hydrogen-bond acceptors (Lipinski definition) is 4. The van der Waals surface area contributed by atoms with Crippen LogP contribution in [0, 0.1) is 6.92 Å². The summed E-state index contributed by atoms with van der Waals surface area (Å²) in [6.07, 6.45) is 1.49. The number of sulfone groups is 1. The standard InChI is InChI=1S/C18H27NO4S/c1-14(2)24(22,23)13-17(20)19-9-7-18(21,8-10-19)12-16-6-4-5-15(3)11-16/h4-6,11,14,21H,7-10,12-13H2,1-3H3. The van der Waals surface area contributed by atoms with E-state index < -0.39 is 26.4 Å². The molecule has 134 valence electrons. The molecule has 1 saturated heterocycles. The molecular formula is C18H27NO4S. The summed E-state index contributed by atoms with van der Waals surface area (Å²) in [5, 5.41) is 10.2. The maximum atomic E-state index is 12.2.